The third-order valence-electron chi connectivity index (χ3n) is 5.53. The molecule has 3 aromatic rings. The van der Waals surface area contributed by atoms with Crippen LogP contribution in [0.3, 0.4) is 0 Å². The van der Waals surface area contributed by atoms with E-state index in [1.165, 1.54) is 6.07 Å². The van der Waals surface area contributed by atoms with Gasteiger partial charge in [0.2, 0.25) is 0 Å². The number of ether oxygens (including phenoxy) is 1. The van der Waals surface area contributed by atoms with Crippen LogP contribution in [0.5, 0.6) is 5.75 Å². The van der Waals surface area contributed by atoms with E-state index in [1.807, 2.05) is 33.8 Å². The Labute approximate surface area is 173 Å². The first kappa shape index (κ1) is 19.8. The van der Waals surface area contributed by atoms with Gasteiger partial charge in [-0.05, 0) is 49.8 Å². The first-order valence-electron chi connectivity index (χ1n) is 9.66. The van der Waals surface area contributed by atoms with E-state index >= 15 is 0 Å². The summed E-state index contributed by atoms with van der Waals surface area (Å²) >= 11 is 6.22. The second kappa shape index (κ2) is 6.80. The van der Waals surface area contributed by atoms with Gasteiger partial charge in [0.15, 0.2) is 5.15 Å². The molecule has 29 heavy (non-hydrogen) atoms. The average molecular weight is 416 g/mol. The molecular weight excluding hydrogens is 393 g/mol. The van der Waals surface area contributed by atoms with Crippen LogP contribution in [0, 0.1) is 19.7 Å². The molecule has 0 N–H and O–H groups in total. The van der Waals surface area contributed by atoms with Crippen molar-refractivity contribution in [2.45, 2.75) is 59.4 Å². The van der Waals surface area contributed by atoms with Crippen molar-refractivity contribution in [1.29, 1.82) is 0 Å². The fourth-order valence-electron chi connectivity index (χ4n) is 3.71. The number of carbonyl (C=O) groups is 1. The molecule has 0 saturated carbocycles. The number of fused-ring (bicyclic) bond motifs is 2. The summed E-state index contributed by atoms with van der Waals surface area (Å²) in [5.41, 5.74) is 3.09. The third-order valence-corrected chi connectivity index (χ3v) is 5.80. The molecule has 0 spiro atoms. The van der Waals surface area contributed by atoms with Gasteiger partial charge in [-0.15, -0.1) is 0 Å². The molecule has 4 rings (SSSR count). The number of benzene rings is 1. The van der Waals surface area contributed by atoms with Gasteiger partial charge in [0.25, 0.3) is 0 Å². The molecule has 1 aliphatic rings. The first-order chi connectivity index (χ1) is 13.6. The quantitative estimate of drug-likeness (QED) is 0.532. The van der Waals surface area contributed by atoms with Gasteiger partial charge in [-0.3, -0.25) is 4.68 Å². The molecule has 152 valence electrons. The Hall–Kier alpha value is -2.47. The molecule has 0 amide bonds. The summed E-state index contributed by atoms with van der Waals surface area (Å²) in [6.45, 7) is 10.3. The molecule has 0 fully saturated rings. The maximum absolute atomic E-state index is 14.9. The van der Waals surface area contributed by atoms with E-state index in [4.69, 9.17) is 16.3 Å². The number of nitrogens with zero attached hydrogens (tertiary/aromatic N) is 3. The first-order valence-corrected chi connectivity index (χ1v) is 10.0. The molecule has 7 heteroatoms. The lowest BCUT2D eigenvalue weighted by Gasteiger charge is -2.21. The highest BCUT2D eigenvalue weighted by Crippen LogP contribution is 2.36. The lowest BCUT2D eigenvalue weighted by molar-refractivity contribution is 0.0735. The summed E-state index contributed by atoms with van der Waals surface area (Å²) < 4.78 is 22.5. The van der Waals surface area contributed by atoms with Crippen LogP contribution in [0.25, 0.3) is 10.9 Å². The number of halogens is 2. The SMILES string of the molecule is Cc1nc2c(F)cc(C(C)(C)C)cc2c(OC(=O)c2c(Cl)nn3c2CCC3)c1C. The molecule has 5 nitrogen and oxygen atoms in total. The summed E-state index contributed by atoms with van der Waals surface area (Å²) in [4.78, 5) is 17.5. The molecule has 0 atom stereocenters. The molecular formula is C22H23ClFN3O2. The molecule has 0 unspecified atom stereocenters. The number of esters is 1. The van der Waals surface area contributed by atoms with Crippen molar-refractivity contribution in [2.75, 3.05) is 0 Å². The maximum atomic E-state index is 14.9. The Morgan fingerprint density at radius 2 is 2.00 bits per heavy atom. The Morgan fingerprint density at radius 1 is 1.28 bits per heavy atom. The number of aryl methyl sites for hydroxylation is 2. The van der Waals surface area contributed by atoms with Crippen LogP contribution in [0.1, 0.15) is 60.1 Å². The van der Waals surface area contributed by atoms with E-state index in [2.05, 4.69) is 10.1 Å². The van der Waals surface area contributed by atoms with Crippen LogP contribution in [0.4, 0.5) is 4.39 Å². The van der Waals surface area contributed by atoms with E-state index < -0.39 is 11.8 Å². The topological polar surface area (TPSA) is 57.0 Å². The van der Waals surface area contributed by atoms with Crippen molar-refractivity contribution in [3.63, 3.8) is 0 Å². The van der Waals surface area contributed by atoms with Crippen molar-refractivity contribution in [1.82, 2.24) is 14.8 Å². The lowest BCUT2D eigenvalue weighted by atomic mass is 9.86. The number of carbonyl (C=O) groups excluding carboxylic acids is 1. The van der Waals surface area contributed by atoms with Crippen LogP contribution >= 0.6 is 11.6 Å². The third kappa shape index (κ3) is 3.29. The monoisotopic (exact) mass is 415 g/mol. The van der Waals surface area contributed by atoms with E-state index in [1.54, 1.807) is 11.6 Å². The average Bonchev–Trinajstić information content (AvgIpc) is 3.18. The van der Waals surface area contributed by atoms with E-state index in [0.29, 0.717) is 28.0 Å². The van der Waals surface area contributed by atoms with Crippen molar-refractivity contribution in [3.8, 4) is 5.75 Å². The minimum absolute atomic E-state index is 0.138. The molecule has 3 heterocycles. The van der Waals surface area contributed by atoms with Gasteiger partial charge in [-0.2, -0.15) is 5.10 Å². The molecule has 0 radical (unpaired) electrons. The standard InChI is InChI=1S/C22H23ClFN3O2/c1-11-12(2)25-18-14(9-13(10-15(18)24)22(3,4)5)19(11)29-21(28)17-16-7-6-8-27(16)26-20(17)23/h9-10H,6-8H2,1-5H3. The number of rotatable bonds is 2. The minimum Gasteiger partial charge on any atom is -0.422 e. The highest BCUT2D eigenvalue weighted by molar-refractivity contribution is 6.32. The number of pyridine rings is 1. The Balaban J connectivity index is 1.88. The van der Waals surface area contributed by atoms with Gasteiger partial charge >= 0.3 is 5.97 Å². The van der Waals surface area contributed by atoms with Crippen molar-refractivity contribution >= 4 is 28.5 Å². The molecule has 0 aliphatic carbocycles. The van der Waals surface area contributed by atoms with Crippen LogP contribution in [0.2, 0.25) is 5.15 Å². The molecule has 1 aliphatic heterocycles. The van der Waals surface area contributed by atoms with Crippen molar-refractivity contribution in [3.05, 3.63) is 51.2 Å². The second-order valence-corrected chi connectivity index (χ2v) is 8.94. The zero-order valence-corrected chi connectivity index (χ0v) is 17.9. The fraction of sp³-hybridized carbons (Fsp3) is 0.409. The van der Waals surface area contributed by atoms with Gasteiger partial charge in [0, 0.05) is 23.2 Å². The highest BCUT2D eigenvalue weighted by atomic mass is 35.5. The van der Waals surface area contributed by atoms with Crippen molar-refractivity contribution in [2.24, 2.45) is 0 Å². The van der Waals surface area contributed by atoms with Gasteiger partial charge in [-0.25, -0.2) is 14.2 Å². The smallest absolute Gasteiger partial charge is 0.348 e. The lowest BCUT2D eigenvalue weighted by Crippen LogP contribution is -2.14. The normalized spacial score (nSPS) is 13.8. The van der Waals surface area contributed by atoms with E-state index in [0.717, 1.165) is 30.6 Å². The molecule has 0 saturated heterocycles. The summed E-state index contributed by atoms with van der Waals surface area (Å²) in [7, 11) is 0. The summed E-state index contributed by atoms with van der Waals surface area (Å²) in [6.07, 6.45) is 1.64. The molecule has 0 bridgehead atoms. The number of hydrogen-bond acceptors (Lipinski definition) is 4. The van der Waals surface area contributed by atoms with Gasteiger partial charge in [-0.1, -0.05) is 32.4 Å². The predicted octanol–water partition coefficient (Wildman–Crippen LogP) is 5.30. The van der Waals surface area contributed by atoms with Gasteiger partial charge in [0.1, 0.15) is 22.6 Å². The van der Waals surface area contributed by atoms with Crippen LogP contribution in [-0.2, 0) is 18.4 Å². The highest BCUT2D eigenvalue weighted by Gasteiger charge is 2.29. The Morgan fingerprint density at radius 3 is 2.69 bits per heavy atom. The maximum Gasteiger partial charge on any atom is 0.348 e. The number of aromatic nitrogens is 3. The van der Waals surface area contributed by atoms with Gasteiger partial charge < -0.3 is 4.74 Å². The van der Waals surface area contributed by atoms with Crippen LogP contribution in [-0.4, -0.2) is 20.7 Å². The molecule has 1 aromatic carbocycles. The Kier molecular flexibility index (Phi) is 4.65. The van der Waals surface area contributed by atoms with Gasteiger partial charge in [0.05, 0.1) is 5.69 Å². The summed E-state index contributed by atoms with van der Waals surface area (Å²) in [5, 5.41) is 4.84. The largest absolute Gasteiger partial charge is 0.422 e. The second-order valence-electron chi connectivity index (χ2n) is 8.58. The van der Waals surface area contributed by atoms with Crippen LogP contribution in [0.15, 0.2) is 12.1 Å². The van der Waals surface area contributed by atoms with Crippen molar-refractivity contribution < 1.29 is 13.9 Å². The zero-order chi connectivity index (χ0) is 21.1. The van der Waals surface area contributed by atoms with Crippen LogP contribution < -0.4 is 4.74 Å². The molecule has 2 aromatic heterocycles. The summed E-state index contributed by atoms with van der Waals surface area (Å²) in [6, 6.07) is 3.35. The van der Waals surface area contributed by atoms with E-state index in [-0.39, 0.29) is 16.1 Å². The minimum atomic E-state index is -0.574. The van der Waals surface area contributed by atoms with E-state index in [9.17, 15) is 9.18 Å². The number of hydrogen-bond donors (Lipinski definition) is 0. The summed E-state index contributed by atoms with van der Waals surface area (Å²) in [5.74, 6) is -0.691. The predicted molar refractivity (Wildman–Crippen MR) is 110 cm³/mol. The zero-order valence-electron chi connectivity index (χ0n) is 17.2. The Bertz CT molecular complexity index is 1160. The fourth-order valence-corrected chi connectivity index (χ4v) is 3.99.